The Labute approximate surface area is 126 Å². The van der Waals surface area contributed by atoms with E-state index in [9.17, 15) is 8.42 Å². The van der Waals surface area contributed by atoms with E-state index in [1.807, 2.05) is 0 Å². The number of methoxy groups -OCH3 is 1. The maximum absolute atomic E-state index is 12.5. The molecule has 2 rings (SSSR count). The van der Waals surface area contributed by atoms with Crippen molar-refractivity contribution in [1.29, 1.82) is 0 Å². The third-order valence-corrected chi connectivity index (χ3v) is 5.72. The van der Waals surface area contributed by atoms with Crippen LogP contribution >= 0.6 is 0 Å². The van der Waals surface area contributed by atoms with Gasteiger partial charge in [0.1, 0.15) is 5.75 Å². The standard InChI is InChI=1S/C15H24N2O3S/c1-15(7-3-8-15)11-17-21(18,19)14-5-4-13(20-2)10-12(14)6-9-16/h4-5,10,17H,3,6-9,11,16H2,1-2H3. The topological polar surface area (TPSA) is 81.4 Å². The lowest BCUT2D eigenvalue weighted by Gasteiger charge is -2.38. The molecule has 1 saturated carbocycles. The Morgan fingerprint density at radius 1 is 1.38 bits per heavy atom. The van der Waals surface area contributed by atoms with Crippen molar-refractivity contribution in [3.8, 4) is 5.75 Å². The Kier molecular flexibility index (Phi) is 4.91. The molecule has 0 heterocycles. The van der Waals surface area contributed by atoms with Gasteiger partial charge in [-0.1, -0.05) is 13.3 Å². The second kappa shape index (κ2) is 6.34. The molecule has 118 valence electrons. The number of hydrogen-bond donors (Lipinski definition) is 2. The number of sulfonamides is 1. The largest absolute Gasteiger partial charge is 0.497 e. The third-order valence-electron chi connectivity index (χ3n) is 4.22. The molecule has 1 aromatic rings. The van der Waals surface area contributed by atoms with Gasteiger partial charge in [0.15, 0.2) is 0 Å². The number of rotatable bonds is 7. The summed E-state index contributed by atoms with van der Waals surface area (Å²) in [5, 5.41) is 0. The zero-order chi connectivity index (χ0) is 15.5. The quantitative estimate of drug-likeness (QED) is 0.802. The summed E-state index contributed by atoms with van der Waals surface area (Å²) in [5.74, 6) is 0.642. The number of ether oxygens (including phenoxy) is 1. The second-order valence-electron chi connectivity index (χ2n) is 6.00. The smallest absolute Gasteiger partial charge is 0.240 e. The van der Waals surface area contributed by atoms with Gasteiger partial charge in [0.2, 0.25) is 10.0 Å². The van der Waals surface area contributed by atoms with Gasteiger partial charge in [0.25, 0.3) is 0 Å². The molecule has 0 atom stereocenters. The van der Waals surface area contributed by atoms with E-state index in [2.05, 4.69) is 11.6 Å². The molecule has 1 fully saturated rings. The molecule has 6 heteroatoms. The van der Waals surface area contributed by atoms with E-state index in [1.54, 1.807) is 25.3 Å². The van der Waals surface area contributed by atoms with E-state index in [0.717, 1.165) is 12.8 Å². The molecule has 21 heavy (non-hydrogen) atoms. The van der Waals surface area contributed by atoms with Gasteiger partial charge >= 0.3 is 0 Å². The molecule has 0 saturated heterocycles. The molecular weight excluding hydrogens is 288 g/mol. The summed E-state index contributed by atoms with van der Waals surface area (Å²) in [6.45, 7) is 3.00. The van der Waals surface area contributed by atoms with Crippen molar-refractivity contribution < 1.29 is 13.2 Å². The highest BCUT2D eigenvalue weighted by Gasteiger charge is 2.33. The third kappa shape index (κ3) is 3.75. The molecule has 0 aromatic heterocycles. The average Bonchev–Trinajstić information content (AvgIpc) is 2.43. The first kappa shape index (κ1) is 16.3. The first-order chi connectivity index (χ1) is 9.90. The van der Waals surface area contributed by atoms with Crippen LogP contribution in [0.3, 0.4) is 0 Å². The van der Waals surface area contributed by atoms with E-state index < -0.39 is 10.0 Å². The predicted octanol–water partition coefficient (Wildman–Crippen LogP) is 1.66. The summed E-state index contributed by atoms with van der Waals surface area (Å²) >= 11 is 0. The Morgan fingerprint density at radius 3 is 2.62 bits per heavy atom. The summed E-state index contributed by atoms with van der Waals surface area (Å²) in [4.78, 5) is 0.302. The molecule has 1 aliphatic carbocycles. The SMILES string of the molecule is COc1ccc(S(=O)(=O)NCC2(C)CCC2)c(CCN)c1. The minimum Gasteiger partial charge on any atom is -0.497 e. The monoisotopic (exact) mass is 312 g/mol. The van der Waals surface area contributed by atoms with Crippen LogP contribution < -0.4 is 15.2 Å². The van der Waals surface area contributed by atoms with Gasteiger partial charge in [-0.3, -0.25) is 0 Å². The highest BCUT2D eigenvalue weighted by atomic mass is 32.2. The molecule has 0 bridgehead atoms. The molecule has 0 spiro atoms. The Balaban J connectivity index is 2.21. The fourth-order valence-corrected chi connectivity index (χ4v) is 4.05. The first-order valence-electron chi connectivity index (χ1n) is 7.27. The lowest BCUT2D eigenvalue weighted by atomic mass is 9.71. The van der Waals surface area contributed by atoms with Gasteiger partial charge in [0.05, 0.1) is 12.0 Å². The molecule has 1 aromatic carbocycles. The van der Waals surface area contributed by atoms with E-state index in [4.69, 9.17) is 10.5 Å². The zero-order valence-corrected chi connectivity index (χ0v) is 13.5. The Hall–Kier alpha value is -1.11. The van der Waals surface area contributed by atoms with Crippen LogP contribution in [-0.2, 0) is 16.4 Å². The van der Waals surface area contributed by atoms with Crippen molar-refractivity contribution in [2.45, 2.75) is 37.5 Å². The molecule has 1 aliphatic rings. The highest BCUT2D eigenvalue weighted by molar-refractivity contribution is 7.89. The van der Waals surface area contributed by atoms with Gasteiger partial charge < -0.3 is 10.5 Å². The van der Waals surface area contributed by atoms with Crippen LogP contribution in [0.1, 0.15) is 31.7 Å². The number of hydrogen-bond acceptors (Lipinski definition) is 4. The first-order valence-corrected chi connectivity index (χ1v) is 8.75. The van der Waals surface area contributed by atoms with E-state index in [-0.39, 0.29) is 5.41 Å². The number of nitrogens with one attached hydrogen (secondary N) is 1. The fraction of sp³-hybridized carbons (Fsp3) is 0.600. The lowest BCUT2D eigenvalue weighted by molar-refractivity contribution is 0.166. The summed E-state index contributed by atoms with van der Waals surface area (Å²) in [6, 6.07) is 5.00. The molecule has 0 unspecified atom stereocenters. The summed E-state index contributed by atoms with van der Waals surface area (Å²) in [5.41, 5.74) is 6.38. The lowest BCUT2D eigenvalue weighted by Crippen LogP contribution is -2.40. The van der Waals surface area contributed by atoms with Crippen molar-refractivity contribution in [2.75, 3.05) is 20.2 Å². The van der Waals surface area contributed by atoms with Crippen LogP contribution in [0.2, 0.25) is 0 Å². The van der Waals surface area contributed by atoms with Crippen LogP contribution in [0.4, 0.5) is 0 Å². The predicted molar refractivity (Wildman–Crippen MR) is 82.9 cm³/mol. The van der Waals surface area contributed by atoms with Crippen LogP contribution in [0.25, 0.3) is 0 Å². The summed E-state index contributed by atoms with van der Waals surface area (Å²) in [7, 11) is -1.95. The number of nitrogens with two attached hydrogens (primary N) is 1. The minimum absolute atomic E-state index is 0.105. The van der Waals surface area contributed by atoms with Crippen LogP contribution in [-0.4, -0.2) is 28.6 Å². The van der Waals surface area contributed by atoms with E-state index >= 15 is 0 Å². The van der Waals surface area contributed by atoms with Crippen molar-refractivity contribution in [3.05, 3.63) is 23.8 Å². The fourth-order valence-electron chi connectivity index (χ4n) is 2.60. The van der Waals surface area contributed by atoms with Crippen LogP contribution in [0.5, 0.6) is 5.75 Å². The van der Waals surface area contributed by atoms with Gasteiger partial charge in [-0.05, 0) is 55.0 Å². The minimum atomic E-state index is -3.51. The van der Waals surface area contributed by atoms with Crippen molar-refractivity contribution in [3.63, 3.8) is 0 Å². The van der Waals surface area contributed by atoms with Gasteiger partial charge in [-0.25, -0.2) is 13.1 Å². The molecule has 3 N–H and O–H groups in total. The van der Waals surface area contributed by atoms with Crippen molar-refractivity contribution in [2.24, 2.45) is 11.1 Å². The Bertz CT molecular complexity index is 595. The van der Waals surface area contributed by atoms with Crippen LogP contribution in [0.15, 0.2) is 23.1 Å². The van der Waals surface area contributed by atoms with Crippen molar-refractivity contribution in [1.82, 2.24) is 4.72 Å². The maximum Gasteiger partial charge on any atom is 0.240 e. The van der Waals surface area contributed by atoms with Crippen molar-refractivity contribution >= 4 is 10.0 Å². The molecule has 0 aliphatic heterocycles. The zero-order valence-electron chi connectivity index (χ0n) is 12.7. The van der Waals surface area contributed by atoms with Crippen LogP contribution in [0, 0.1) is 5.41 Å². The van der Waals surface area contributed by atoms with Gasteiger partial charge in [-0.15, -0.1) is 0 Å². The summed E-state index contributed by atoms with van der Waals surface area (Å²) < 4.78 is 32.9. The molecule has 0 radical (unpaired) electrons. The normalized spacial score (nSPS) is 17.3. The average molecular weight is 312 g/mol. The highest BCUT2D eigenvalue weighted by Crippen LogP contribution is 2.39. The summed E-state index contributed by atoms with van der Waals surface area (Å²) in [6.07, 6.45) is 3.84. The molecule has 0 amide bonds. The van der Waals surface area contributed by atoms with E-state index in [1.165, 1.54) is 6.42 Å². The Morgan fingerprint density at radius 2 is 2.10 bits per heavy atom. The van der Waals surface area contributed by atoms with Gasteiger partial charge in [0, 0.05) is 6.54 Å². The molecular formula is C15H24N2O3S. The molecule has 5 nitrogen and oxygen atoms in total. The van der Waals surface area contributed by atoms with E-state index in [0.29, 0.717) is 35.7 Å². The van der Waals surface area contributed by atoms with Gasteiger partial charge in [-0.2, -0.15) is 0 Å². The second-order valence-corrected chi connectivity index (χ2v) is 7.74. The number of benzene rings is 1. The maximum atomic E-state index is 12.5.